The first-order valence-corrected chi connectivity index (χ1v) is 43.8. The monoisotopic (exact) mass is 1800 g/mol. The van der Waals surface area contributed by atoms with E-state index in [9.17, 15) is 84.0 Å². The summed E-state index contributed by atoms with van der Waals surface area (Å²) in [6.07, 6.45) is -10.4. The molecule has 31 nitrogen and oxygen atoms in total. The Morgan fingerprint density at radius 2 is 0.795 bits per heavy atom. The van der Waals surface area contributed by atoms with Crippen LogP contribution in [0.4, 0.5) is 0 Å². The zero-order chi connectivity index (χ0) is 86.1. The zero-order valence-corrected chi connectivity index (χ0v) is 71.6. The number of sulfonamides is 3. The number of nitrogens with zero attached hydrogens (tertiary/aromatic N) is 6. The van der Waals surface area contributed by atoms with Gasteiger partial charge >= 0.3 is 11.9 Å². The highest BCUT2D eigenvalue weighted by Crippen LogP contribution is 2.42. The van der Waals surface area contributed by atoms with Crippen molar-refractivity contribution in [3.8, 4) is 0 Å². The summed E-state index contributed by atoms with van der Waals surface area (Å²) in [7, 11) is -5.71. The number of hydroxylamine groups is 4. The number of carbonyl (C=O) groups excluding carboxylic acids is 8. The molecule has 7 unspecified atom stereocenters. The molecule has 117 heavy (non-hydrogen) atoms. The van der Waals surface area contributed by atoms with Gasteiger partial charge in [-0.1, -0.05) is 127 Å². The molecule has 5 aliphatic heterocycles. The van der Waals surface area contributed by atoms with Gasteiger partial charge in [0.05, 0.1) is 14.7 Å². The van der Waals surface area contributed by atoms with Crippen molar-refractivity contribution in [1.29, 1.82) is 0 Å². The van der Waals surface area contributed by atoms with E-state index in [1.54, 1.807) is 60.7 Å². The smallest absolute Gasteiger partial charge is 0.364 e. The maximum atomic E-state index is 13.2. The number of nitrogens with two attached hydrogens (primary N) is 1. The van der Waals surface area contributed by atoms with Gasteiger partial charge in [-0.2, -0.15) is 0 Å². The van der Waals surface area contributed by atoms with Crippen LogP contribution in [-0.4, -0.2) is 240 Å². The average molecular weight is 1800 g/mol. The molecule has 5 amide bonds. The van der Waals surface area contributed by atoms with Crippen molar-refractivity contribution in [2.24, 2.45) is 5.73 Å². The highest BCUT2D eigenvalue weighted by molar-refractivity contribution is 7.90. The van der Waals surface area contributed by atoms with Crippen LogP contribution in [-0.2, 0) is 97.7 Å². The van der Waals surface area contributed by atoms with Crippen LogP contribution in [0, 0.1) is 0 Å². The van der Waals surface area contributed by atoms with Crippen LogP contribution in [0.2, 0.25) is 30.1 Å². The highest BCUT2D eigenvalue weighted by Gasteiger charge is 2.42. The molecule has 5 aliphatic rings. The number of benzene rings is 6. The van der Waals surface area contributed by atoms with Gasteiger partial charge in [-0.3, -0.25) is 28.8 Å². The number of rotatable bonds is 29. The molecule has 0 radical (unpaired) electrons. The van der Waals surface area contributed by atoms with Gasteiger partial charge in [-0.05, 0) is 170 Å². The van der Waals surface area contributed by atoms with Crippen molar-refractivity contribution in [2.75, 3.05) is 93.1 Å². The number of ketones is 1. The van der Waals surface area contributed by atoms with Crippen LogP contribution in [0.1, 0.15) is 127 Å². The fourth-order valence-corrected chi connectivity index (χ4v) is 18.5. The lowest BCUT2D eigenvalue weighted by Crippen LogP contribution is -2.47. The second-order valence-corrected chi connectivity index (χ2v) is 35.9. The van der Waals surface area contributed by atoms with Crippen molar-refractivity contribution in [3.63, 3.8) is 0 Å². The average Bonchev–Trinajstić information content (AvgIpc) is 1.26. The number of hydrogen-bond donors (Lipinski definition) is 9. The van der Waals surface area contributed by atoms with E-state index in [0.717, 1.165) is 63.2 Å². The number of fused-ring (bicyclic) bond motifs is 3. The van der Waals surface area contributed by atoms with Gasteiger partial charge in [0.2, 0.25) is 30.1 Å². The lowest BCUT2D eigenvalue weighted by Gasteiger charge is -2.33. The molecule has 636 valence electrons. The van der Waals surface area contributed by atoms with Crippen molar-refractivity contribution in [3.05, 3.63) is 189 Å². The molecule has 0 aromatic heterocycles. The lowest BCUT2D eigenvalue weighted by molar-refractivity contribution is -0.216. The molecule has 2 saturated heterocycles. The molecule has 0 bridgehead atoms. The van der Waals surface area contributed by atoms with E-state index in [0.29, 0.717) is 56.3 Å². The van der Waals surface area contributed by atoms with Crippen LogP contribution >= 0.6 is 69.6 Å². The Morgan fingerprint density at radius 1 is 0.470 bits per heavy atom. The molecule has 0 saturated carbocycles. The fourth-order valence-electron chi connectivity index (χ4n) is 13.5. The van der Waals surface area contributed by atoms with Gasteiger partial charge in [0.25, 0.3) is 29.5 Å². The third-order valence-electron chi connectivity index (χ3n) is 19.6. The lowest BCUT2D eigenvalue weighted by atomic mass is 9.85. The van der Waals surface area contributed by atoms with Crippen LogP contribution in [0.25, 0.3) is 0 Å². The number of likely N-dealkylation sites (N-methyl/N-ethyl adjacent to an activating group) is 3. The van der Waals surface area contributed by atoms with E-state index < -0.39 is 102 Å². The third-order valence-corrected chi connectivity index (χ3v) is 25.7. The van der Waals surface area contributed by atoms with E-state index in [2.05, 4.69) is 69.5 Å². The minimum absolute atomic E-state index is 0.00114. The highest BCUT2D eigenvalue weighted by atomic mass is 35.5. The number of halogens is 6. The second-order valence-electron chi connectivity index (χ2n) is 28.1. The summed E-state index contributed by atoms with van der Waals surface area (Å²) in [6, 6.07) is 30.7. The Balaban J connectivity index is 0.000000244. The molecule has 5 heterocycles. The number of Topliss-reactive ketones (excluding diaryl/α,β-unsaturated/α-hetero) is 1. The third kappa shape index (κ3) is 25.2. The normalized spacial score (nSPS) is 18.2. The SMILES string of the molecule is CCN(CC)CC.CN1Cc2c(Cl)cc(Cl)cc2C(c2cccc(S(=O)(=O)NCCCC(=O)C(O)C(O)C(=O)NCCNS(=O)(=O)c3cccc(C4CN(C)Cc5c(Cl)cc(Cl)cc54)c3)c2)C1.CN1Cc2c(Cl)cc(Cl)cc2C(c2cccc(S(=O)(=O)NCCN)c2)C1.O=C(ON1C(=O)CCC1=O)C(O)C(O)C(=O)ON1C(=O)CCC1=O. The number of carbonyl (C=O) groups is 8. The molecule has 6 aromatic rings. The summed E-state index contributed by atoms with van der Waals surface area (Å²) >= 11 is 38.2. The van der Waals surface area contributed by atoms with Gasteiger partial charge in [-0.25, -0.2) is 49.0 Å². The predicted octanol–water partition coefficient (Wildman–Crippen LogP) is 5.98. The molecule has 11 rings (SSSR count). The molecule has 0 aliphatic carbocycles. The Bertz CT molecular complexity index is 4760. The van der Waals surface area contributed by atoms with Gasteiger partial charge in [0, 0.05) is 152 Å². The molecule has 7 atom stereocenters. The van der Waals surface area contributed by atoms with Gasteiger partial charge in [0.1, 0.15) is 6.10 Å². The number of hydrogen-bond acceptors (Lipinski definition) is 25. The molecule has 0 spiro atoms. The fraction of sp³-hybridized carbons (Fsp3) is 0.429. The summed E-state index contributed by atoms with van der Waals surface area (Å²) in [4.78, 5) is 111. The van der Waals surface area contributed by atoms with Gasteiger partial charge in [-0.15, -0.1) is 10.1 Å². The Morgan fingerprint density at radius 3 is 1.11 bits per heavy atom. The number of nitrogens with one attached hydrogen (secondary N) is 4. The molecule has 10 N–H and O–H groups in total. The Hall–Kier alpha value is -7.21. The molecule has 6 aromatic carbocycles. The van der Waals surface area contributed by atoms with Gasteiger partial charge in [0.15, 0.2) is 24.1 Å². The number of amides is 5. The van der Waals surface area contributed by atoms with Crippen molar-refractivity contribution in [1.82, 2.24) is 49.2 Å². The van der Waals surface area contributed by atoms with Crippen LogP contribution in [0.15, 0.2) is 124 Å². The van der Waals surface area contributed by atoms with Crippen molar-refractivity contribution < 1.29 is 93.7 Å². The standard InChI is InChI=1S/C41H45Cl4N5O8S2.C18H21Cl2N3O2S.C12H12N2O10.C6H15N/c1-49-20-32(30-16-26(42)18-36(44)34(30)22-49)24-6-3-8-28(14-24)59(55,56)47-11-5-10-38(51)39(52)40(53)41(54)46-12-13-48-60(57,58)29-9-4-7-25(15-29)33-21-50(2)23-35-31(33)17-27(43)19-37(35)45;1-23-10-16(15-8-13(19)9-18(20)17(15)11-23)12-3-2-4-14(7-12)26(24,25)22-6-5-21;15-5-1-2-6(16)13(5)23-11(21)9(19)10(20)12(22)24-14-7(17)3-4-8(14)18;1-4-7(5-2)6-3/h3-4,6-9,14-19,32-33,39-40,47-48,52-53H,5,10-13,20-23H2,1-2H3,(H,46,54);2-4,7-9,16,22H,5-6,10-11,21H2,1H3;9-10,19-20H,1-4H2;4-6H2,1-3H3. The first-order valence-electron chi connectivity index (χ1n) is 37.1. The summed E-state index contributed by atoms with van der Waals surface area (Å²) in [5.41, 5.74) is 13.6. The molecular weight excluding hydrogens is 1710 g/mol. The molecular formula is C77H93Cl6N11O20S3. The van der Waals surface area contributed by atoms with E-state index >= 15 is 0 Å². The van der Waals surface area contributed by atoms with E-state index in [1.165, 1.54) is 31.8 Å². The van der Waals surface area contributed by atoms with E-state index in [4.69, 9.17) is 75.3 Å². The first kappa shape index (κ1) is 95.3. The van der Waals surface area contributed by atoms with Crippen LogP contribution in [0.5, 0.6) is 0 Å². The molecule has 2 fully saturated rings. The quantitative estimate of drug-likeness (QED) is 0.0193. The predicted molar refractivity (Wildman–Crippen MR) is 437 cm³/mol. The van der Waals surface area contributed by atoms with Crippen LogP contribution in [0.3, 0.4) is 0 Å². The van der Waals surface area contributed by atoms with E-state index in [-0.39, 0.29) is 114 Å². The minimum atomic E-state index is -4.03. The Labute approximate surface area is 708 Å². The summed E-state index contributed by atoms with van der Waals surface area (Å²) < 4.78 is 85.1. The zero-order valence-electron chi connectivity index (χ0n) is 64.6. The topological polar surface area (TPSA) is 432 Å². The summed E-state index contributed by atoms with van der Waals surface area (Å²) in [5.74, 6) is -9.00. The number of aliphatic hydroxyl groups excluding tert-OH is 4. The Kier molecular flexibility index (Phi) is 34.9. The second kappa shape index (κ2) is 42.8. The summed E-state index contributed by atoms with van der Waals surface area (Å²) in [6.45, 7) is 13.9. The number of imide groups is 2. The summed E-state index contributed by atoms with van der Waals surface area (Å²) in [5, 5.41) is 45.6. The largest absolute Gasteiger partial charge is 0.382 e. The minimum Gasteiger partial charge on any atom is -0.382 e. The van der Waals surface area contributed by atoms with Crippen molar-refractivity contribution >= 4 is 147 Å². The maximum Gasteiger partial charge on any atom is 0.364 e. The van der Waals surface area contributed by atoms with Gasteiger partial charge < -0.3 is 60.8 Å². The number of aliphatic hydroxyl groups is 4. The van der Waals surface area contributed by atoms with E-state index in [1.807, 2.05) is 57.5 Å². The van der Waals surface area contributed by atoms with Crippen molar-refractivity contribution in [2.45, 2.75) is 136 Å². The molecule has 40 heteroatoms. The maximum absolute atomic E-state index is 13.2. The first-order chi connectivity index (χ1) is 55.2. The van der Waals surface area contributed by atoms with Crippen LogP contribution < -0.4 is 25.2 Å².